The van der Waals surface area contributed by atoms with E-state index < -0.39 is 5.69 Å². The maximum atomic E-state index is 12.6. The van der Waals surface area contributed by atoms with Crippen molar-refractivity contribution in [1.82, 2.24) is 24.8 Å². The number of nitrogens with zero attached hydrogens (tertiary/aromatic N) is 4. The van der Waals surface area contributed by atoms with E-state index in [-0.39, 0.29) is 18.0 Å². The number of aromatic amines is 1. The molecular formula is C23H28N6O3. The third kappa shape index (κ3) is 4.43. The molecule has 0 saturated carbocycles. The van der Waals surface area contributed by atoms with Crippen molar-refractivity contribution < 1.29 is 4.79 Å². The molecule has 9 nitrogen and oxygen atoms in total. The summed E-state index contributed by atoms with van der Waals surface area (Å²) in [6, 6.07) is 8.66. The fraction of sp³-hybridized carbons (Fsp3) is 0.391. The van der Waals surface area contributed by atoms with Gasteiger partial charge in [-0.3, -0.25) is 14.2 Å². The summed E-state index contributed by atoms with van der Waals surface area (Å²) < 4.78 is 1.13. The Morgan fingerprint density at radius 3 is 2.50 bits per heavy atom. The zero-order valence-electron chi connectivity index (χ0n) is 18.4. The molecule has 168 valence electrons. The number of pyridine rings is 1. The molecule has 3 aromatic rings. The van der Waals surface area contributed by atoms with Crippen molar-refractivity contribution in [2.75, 3.05) is 37.6 Å². The molecule has 2 N–H and O–H groups in total. The average Bonchev–Trinajstić information content (AvgIpc) is 2.83. The minimum absolute atomic E-state index is 0.285. The molecule has 1 aromatic carbocycles. The predicted octanol–water partition coefficient (Wildman–Crippen LogP) is 1.18. The Bertz CT molecular complexity index is 1220. The molecular weight excluding hydrogens is 408 g/mol. The molecule has 1 saturated heterocycles. The van der Waals surface area contributed by atoms with Crippen LogP contribution in [0.15, 0.2) is 46.1 Å². The smallest absolute Gasteiger partial charge is 0.328 e. The minimum atomic E-state index is -0.482. The molecule has 1 fully saturated rings. The first-order valence-electron chi connectivity index (χ1n) is 11.0. The van der Waals surface area contributed by atoms with Crippen LogP contribution in [0.2, 0.25) is 0 Å². The molecule has 1 amide bonds. The van der Waals surface area contributed by atoms with Crippen LogP contribution in [0.25, 0.3) is 10.9 Å². The molecule has 2 aromatic heterocycles. The second kappa shape index (κ2) is 9.35. The summed E-state index contributed by atoms with van der Waals surface area (Å²) in [4.78, 5) is 49.0. The van der Waals surface area contributed by atoms with Crippen molar-refractivity contribution in [3.8, 4) is 0 Å². The topological polar surface area (TPSA) is 103 Å². The van der Waals surface area contributed by atoms with E-state index in [1.807, 2.05) is 12.1 Å². The lowest BCUT2D eigenvalue weighted by atomic mass is 10.1. The van der Waals surface area contributed by atoms with E-state index in [1.54, 1.807) is 25.3 Å². The molecule has 32 heavy (non-hydrogen) atoms. The molecule has 0 spiro atoms. The SMILES string of the molecule is CCN1CCN(c2ccc(CNC(=O)c3ccc4c(=O)n(CC)c(=O)[nH]c4c3)cn2)CC1. The van der Waals surface area contributed by atoms with Crippen LogP contribution in [0.4, 0.5) is 5.82 Å². The van der Waals surface area contributed by atoms with Gasteiger partial charge in [-0.1, -0.05) is 13.0 Å². The van der Waals surface area contributed by atoms with Crippen molar-refractivity contribution in [2.45, 2.75) is 26.9 Å². The molecule has 1 aliphatic rings. The number of fused-ring (bicyclic) bond motifs is 1. The lowest BCUT2D eigenvalue weighted by molar-refractivity contribution is 0.0951. The van der Waals surface area contributed by atoms with Gasteiger partial charge in [-0.15, -0.1) is 0 Å². The van der Waals surface area contributed by atoms with Gasteiger partial charge in [-0.2, -0.15) is 0 Å². The number of H-pyrrole nitrogens is 1. The summed E-state index contributed by atoms with van der Waals surface area (Å²) >= 11 is 0. The maximum Gasteiger partial charge on any atom is 0.328 e. The number of amides is 1. The standard InChI is InChI=1S/C23H28N6O3/c1-3-27-9-11-28(12-10-27)20-8-5-16(14-24-20)15-25-21(30)17-6-7-18-19(13-17)26-23(32)29(4-2)22(18)31/h5-8,13-14H,3-4,9-12,15H2,1-2H3,(H,25,30)(H,26,32). The van der Waals surface area contributed by atoms with Crippen LogP contribution < -0.4 is 21.5 Å². The normalized spacial score (nSPS) is 14.6. The van der Waals surface area contributed by atoms with E-state index in [1.165, 1.54) is 6.07 Å². The fourth-order valence-electron chi connectivity index (χ4n) is 3.97. The van der Waals surface area contributed by atoms with Gasteiger partial charge in [-0.05, 0) is 43.3 Å². The number of likely N-dealkylation sites (N-methyl/N-ethyl adjacent to an activating group) is 1. The van der Waals surface area contributed by atoms with E-state index in [9.17, 15) is 14.4 Å². The van der Waals surface area contributed by atoms with Crippen LogP contribution in [0.1, 0.15) is 29.8 Å². The molecule has 1 aliphatic heterocycles. The Kier molecular flexibility index (Phi) is 6.36. The highest BCUT2D eigenvalue weighted by atomic mass is 16.2. The van der Waals surface area contributed by atoms with Gasteiger partial charge in [0.1, 0.15) is 5.82 Å². The Morgan fingerprint density at radius 1 is 1.06 bits per heavy atom. The quantitative estimate of drug-likeness (QED) is 0.602. The molecule has 0 unspecified atom stereocenters. The Balaban J connectivity index is 1.41. The minimum Gasteiger partial charge on any atom is -0.354 e. The van der Waals surface area contributed by atoms with Crippen molar-refractivity contribution in [2.24, 2.45) is 0 Å². The van der Waals surface area contributed by atoms with Gasteiger partial charge in [0.2, 0.25) is 0 Å². The summed E-state index contributed by atoms with van der Waals surface area (Å²) in [5, 5.41) is 3.25. The Hall–Kier alpha value is -3.46. The van der Waals surface area contributed by atoms with Crippen molar-refractivity contribution >= 4 is 22.6 Å². The molecule has 0 aliphatic carbocycles. The number of benzene rings is 1. The van der Waals surface area contributed by atoms with Crippen LogP contribution >= 0.6 is 0 Å². The first-order valence-corrected chi connectivity index (χ1v) is 11.0. The highest BCUT2D eigenvalue weighted by molar-refractivity contribution is 5.97. The zero-order valence-corrected chi connectivity index (χ0v) is 18.4. The summed E-state index contributed by atoms with van der Waals surface area (Å²) in [7, 11) is 0. The van der Waals surface area contributed by atoms with Crippen LogP contribution in [-0.2, 0) is 13.1 Å². The van der Waals surface area contributed by atoms with E-state index in [2.05, 4.69) is 32.0 Å². The van der Waals surface area contributed by atoms with Gasteiger partial charge >= 0.3 is 5.69 Å². The number of hydrogen-bond acceptors (Lipinski definition) is 6. The van der Waals surface area contributed by atoms with Crippen LogP contribution in [0.5, 0.6) is 0 Å². The van der Waals surface area contributed by atoms with Crippen molar-refractivity contribution in [3.63, 3.8) is 0 Å². The first-order chi connectivity index (χ1) is 15.5. The lowest BCUT2D eigenvalue weighted by Crippen LogP contribution is -2.46. The summed E-state index contributed by atoms with van der Waals surface area (Å²) in [6.07, 6.45) is 1.78. The van der Waals surface area contributed by atoms with Gasteiger partial charge < -0.3 is 20.1 Å². The number of aromatic nitrogens is 3. The highest BCUT2D eigenvalue weighted by Gasteiger charge is 2.16. The van der Waals surface area contributed by atoms with Crippen LogP contribution in [0, 0.1) is 0 Å². The number of rotatable bonds is 6. The van der Waals surface area contributed by atoms with Gasteiger partial charge in [0, 0.05) is 51.0 Å². The maximum absolute atomic E-state index is 12.6. The number of anilines is 1. The van der Waals surface area contributed by atoms with E-state index in [4.69, 9.17) is 0 Å². The highest BCUT2D eigenvalue weighted by Crippen LogP contribution is 2.14. The fourth-order valence-corrected chi connectivity index (χ4v) is 3.97. The lowest BCUT2D eigenvalue weighted by Gasteiger charge is -2.34. The van der Waals surface area contributed by atoms with Crippen LogP contribution in [0.3, 0.4) is 0 Å². The van der Waals surface area contributed by atoms with E-state index in [0.717, 1.165) is 48.7 Å². The second-order valence-corrected chi connectivity index (χ2v) is 7.87. The predicted molar refractivity (Wildman–Crippen MR) is 124 cm³/mol. The van der Waals surface area contributed by atoms with Gasteiger partial charge in [-0.25, -0.2) is 9.78 Å². The largest absolute Gasteiger partial charge is 0.354 e. The van der Waals surface area contributed by atoms with Crippen LogP contribution in [-0.4, -0.2) is 58.1 Å². The monoisotopic (exact) mass is 436 g/mol. The summed E-state index contributed by atoms with van der Waals surface area (Å²) in [5.41, 5.74) is 0.784. The molecule has 0 bridgehead atoms. The van der Waals surface area contributed by atoms with E-state index >= 15 is 0 Å². The summed E-state index contributed by atoms with van der Waals surface area (Å²) in [6.45, 7) is 9.61. The van der Waals surface area contributed by atoms with Crippen molar-refractivity contribution in [1.29, 1.82) is 0 Å². The Labute approximate surface area is 185 Å². The third-order valence-corrected chi connectivity index (χ3v) is 5.97. The molecule has 0 atom stereocenters. The number of nitrogens with one attached hydrogen (secondary N) is 2. The number of carbonyl (C=O) groups is 1. The van der Waals surface area contributed by atoms with Gasteiger partial charge in [0.25, 0.3) is 11.5 Å². The van der Waals surface area contributed by atoms with Crippen molar-refractivity contribution in [3.05, 3.63) is 68.5 Å². The number of piperazine rings is 1. The molecule has 0 radical (unpaired) electrons. The number of carbonyl (C=O) groups excluding carboxylic acids is 1. The van der Waals surface area contributed by atoms with Gasteiger partial charge in [0.15, 0.2) is 0 Å². The molecule has 4 rings (SSSR count). The first kappa shape index (κ1) is 21.8. The molecule has 3 heterocycles. The Morgan fingerprint density at radius 2 is 1.84 bits per heavy atom. The van der Waals surface area contributed by atoms with Gasteiger partial charge in [0.05, 0.1) is 10.9 Å². The second-order valence-electron chi connectivity index (χ2n) is 7.87. The molecule has 9 heteroatoms. The average molecular weight is 437 g/mol. The third-order valence-electron chi connectivity index (χ3n) is 5.97. The van der Waals surface area contributed by atoms with E-state index in [0.29, 0.717) is 23.0 Å². The summed E-state index contributed by atoms with van der Waals surface area (Å²) in [5.74, 6) is 0.666. The number of hydrogen-bond donors (Lipinski definition) is 2. The zero-order chi connectivity index (χ0) is 22.7.